The van der Waals surface area contributed by atoms with Crippen molar-refractivity contribution >= 4 is 28.3 Å². The Hall–Kier alpha value is -1.77. The maximum absolute atomic E-state index is 15.0. The van der Waals surface area contributed by atoms with Crippen LogP contribution in [0.2, 0.25) is 5.15 Å². The van der Waals surface area contributed by atoms with Gasteiger partial charge in [0, 0.05) is 6.20 Å². The van der Waals surface area contributed by atoms with Gasteiger partial charge in [0.2, 0.25) is 0 Å². The Kier molecular flexibility index (Phi) is 5.20. The number of hydrogen-bond donors (Lipinski definition) is 1. The molecule has 2 bridgehead atoms. The van der Waals surface area contributed by atoms with Gasteiger partial charge < -0.3 is 14.8 Å². The van der Waals surface area contributed by atoms with Gasteiger partial charge in [0.25, 0.3) is 0 Å². The number of aromatic nitrogens is 3. The predicted molar refractivity (Wildman–Crippen MR) is 124 cm³/mol. The molecule has 1 saturated carbocycles. The van der Waals surface area contributed by atoms with Gasteiger partial charge in [0.1, 0.15) is 17.9 Å². The molecule has 9 heteroatoms. The maximum Gasteiger partial charge on any atom is 0.319 e. The zero-order chi connectivity index (χ0) is 22.7. The molecule has 33 heavy (non-hydrogen) atoms. The van der Waals surface area contributed by atoms with Gasteiger partial charge in [-0.15, -0.1) is 0 Å². The SMILES string of the molecule is CCC12CCC(Nc3nc(OCC45CCCN4CCC5)nc4c(F)c(Cl)ncc34)(CC1)CO2. The highest BCUT2D eigenvalue weighted by molar-refractivity contribution is 6.30. The molecule has 0 unspecified atom stereocenters. The molecule has 0 amide bonds. The third-order valence-corrected chi connectivity index (χ3v) is 8.97. The molecule has 4 saturated heterocycles. The van der Waals surface area contributed by atoms with Crippen LogP contribution in [-0.2, 0) is 4.74 Å². The third-order valence-electron chi connectivity index (χ3n) is 8.70. The van der Waals surface area contributed by atoms with Gasteiger partial charge in [-0.25, -0.2) is 9.37 Å². The van der Waals surface area contributed by atoms with Gasteiger partial charge in [-0.3, -0.25) is 4.90 Å². The van der Waals surface area contributed by atoms with Crippen LogP contribution >= 0.6 is 11.6 Å². The number of ether oxygens (including phenoxy) is 2. The molecule has 5 fully saturated rings. The first-order valence-electron chi connectivity index (χ1n) is 12.3. The monoisotopic (exact) mass is 475 g/mol. The molecule has 6 heterocycles. The first-order chi connectivity index (χ1) is 16.0. The van der Waals surface area contributed by atoms with E-state index in [4.69, 9.17) is 26.1 Å². The van der Waals surface area contributed by atoms with Gasteiger partial charge in [-0.05, 0) is 70.9 Å². The molecule has 1 N–H and O–H groups in total. The van der Waals surface area contributed by atoms with E-state index in [0.29, 0.717) is 24.4 Å². The highest BCUT2D eigenvalue weighted by Gasteiger charge is 2.49. The number of rotatable bonds is 6. The van der Waals surface area contributed by atoms with Crippen molar-refractivity contribution in [1.82, 2.24) is 19.9 Å². The smallest absolute Gasteiger partial charge is 0.319 e. The number of anilines is 1. The van der Waals surface area contributed by atoms with E-state index in [2.05, 4.69) is 27.1 Å². The molecule has 2 aromatic rings. The number of nitrogens with zero attached hydrogens (tertiary/aromatic N) is 4. The molecule has 0 radical (unpaired) electrons. The number of halogens is 2. The van der Waals surface area contributed by atoms with Crippen molar-refractivity contribution in [3.63, 3.8) is 0 Å². The molecular weight excluding hydrogens is 445 g/mol. The maximum atomic E-state index is 15.0. The molecule has 2 aromatic heterocycles. The van der Waals surface area contributed by atoms with Crippen molar-refractivity contribution in [2.75, 3.05) is 31.6 Å². The first kappa shape index (κ1) is 21.7. The normalized spacial score (nSPS) is 30.6. The summed E-state index contributed by atoms with van der Waals surface area (Å²) in [6.07, 6.45) is 11.2. The largest absolute Gasteiger partial charge is 0.461 e. The van der Waals surface area contributed by atoms with Crippen molar-refractivity contribution < 1.29 is 13.9 Å². The van der Waals surface area contributed by atoms with Crippen molar-refractivity contribution in [2.45, 2.75) is 81.4 Å². The van der Waals surface area contributed by atoms with E-state index in [-0.39, 0.29) is 33.4 Å². The van der Waals surface area contributed by atoms with E-state index < -0.39 is 5.82 Å². The number of pyridine rings is 1. The number of hydrogen-bond acceptors (Lipinski definition) is 7. The summed E-state index contributed by atoms with van der Waals surface area (Å²) in [5, 5.41) is 3.93. The summed E-state index contributed by atoms with van der Waals surface area (Å²) in [6, 6.07) is 0.186. The molecule has 0 aromatic carbocycles. The summed E-state index contributed by atoms with van der Waals surface area (Å²) in [6.45, 7) is 5.56. The van der Waals surface area contributed by atoms with E-state index in [1.165, 1.54) is 12.8 Å². The van der Waals surface area contributed by atoms with Gasteiger partial charge in [0.15, 0.2) is 11.0 Å². The van der Waals surface area contributed by atoms with Crippen LogP contribution in [0.4, 0.5) is 10.2 Å². The lowest BCUT2D eigenvalue weighted by Crippen LogP contribution is -2.58. The summed E-state index contributed by atoms with van der Waals surface area (Å²) in [5.74, 6) is -0.100. The minimum absolute atomic E-state index is 0.0143. The molecule has 178 valence electrons. The zero-order valence-corrected chi connectivity index (χ0v) is 19.9. The van der Waals surface area contributed by atoms with Crippen molar-refractivity contribution in [2.24, 2.45) is 0 Å². The molecule has 1 aliphatic carbocycles. The minimum Gasteiger partial charge on any atom is -0.461 e. The van der Waals surface area contributed by atoms with Gasteiger partial charge >= 0.3 is 6.01 Å². The van der Waals surface area contributed by atoms with Crippen LogP contribution in [0.15, 0.2) is 6.20 Å². The van der Waals surface area contributed by atoms with Crippen LogP contribution in [0.25, 0.3) is 10.9 Å². The quantitative estimate of drug-likeness (QED) is 0.605. The Morgan fingerprint density at radius 3 is 2.58 bits per heavy atom. The Bertz CT molecular complexity index is 1050. The molecular formula is C24H31ClFN5O2. The van der Waals surface area contributed by atoms with Gasteiger partial charge in [-0.1, -0.05) is 18.5 Å². The summed E-state index contributed by atoms with van der Waals surface area (Å²) in [7, 11) is 0. The predicted octanol–water partition coefficient (Wildman–Crippen LogP) is 4.73. The van der Waals surface area contributed by atoms with Crippen LogP contribution < -0.4 is 10.1 Å². The summed E-state index contributed by atoms with van der Waals surface area (Å²) in [4.78, 5) is 15.7. The first-order valence-corrected chi connectivity index (χ1v) is 12.7. The highest BCUT2D eigenvalue weighted by atomic mass is 35.5. The second-order valence-corrected chi connectivity index (χ2v) is 10.8. The van der Waals surface area contributed by atoms with E-state index in [0.717, 1.165) is 58.0 Å². The van der Waals surface area contributed by atoms with E-state index in [9.17, 15) is 4.39 Å². The zero-order valence-electron chi connectivity index (χ0n) is 19.1. The topological polar surface area (TPSA) is 72.4 Å². The molecule has 4 aliphatic heterocycles. The highest BCUT2D eigenvalue weighted by Crippen LogP contribution is 2.47. The molecule has 7 rings (SSSR count). The summed E-state index contributed by atoms with van der Waals surface area (Å²) >= 11 is 5.99. The van der Waals surface area contributed by atoms with Crippen LogP contribution in [0.3, 0.4) is 0 Å². The average Bonchev–Trinajstić information content (AvgIpc) is 3.42. The fourth-order valence-corrected chi connectivity index (χ4v) is 6.60. The lowest BCUT2D eigenvalue weighted by molar-refractivity contribution is -0.148. The lowest BCUT2D eigenvalue weighted by atomic mass is 9.70. The van der Waals surface area contributed by atoms with E-state index >= 15 is 0 Å². The number of nitrogens with one attached hydrogen (secondary N) is 1. The van der Waals surface area contributed by atoms with Crippen LogP contribution in [-0.4, -0.2) is 62.8 Å². The minimum atomic E-state index is -0.642. The molecule has 7 nitrogen and oxygen atoms in total. The lowest BCUT2D eigenvalue weighted by Gasteiger charge is -2.53. The molecule has 0 spiro atoms. The molecule has 0 atom stereocenters. The van der Waals surface area contributed by atoms with Crippen molar-refractivity contribution in [1.29, 1.82) is 0 Å². The Labute approximate surface area is 198 Å². The van der Waals surface area contributed by atoms with E-state index in [1.807, 2.05) is 0 Å². The fraction of sp³-hybridized carbons (Fsp3) is 0.708. The van der Waals surface area contributed by atoms with Crippen LogP contribution in [0, 0.1) is 5.82 Å². The summed E-state index contributed by atoms with van der Waals surface area (Å²) < 4.78 is 27.4. The standard InChI is InChI=1S/C24H31ClFN5O2/c1-2-24-9-7-22(8-10-24,14-33-24)30-20-16-13-27-19(25)17(26)18(16)28-21(29-20)32-15-23-5-3-11-31(23)12-4-6-23/h13H,2-12,14-15H2,1H3,(H,28,29,30). The van der Waals surface area contributed by atoms with E-state index in [1.54, 1.807) is 6.20 Å². The molecule has 5 aliphatic rings. The Morgan fingerprint density at radius 2 is 1.91 bits per heavy atom. The van der Waals surface area contributed by atoms with Crippen molar-refractivity contribution in [3.05, 3.63) is 17.2 Å². The third kappa shape index (κ3) is 3.56. The Morgan fingerprint density at radius 1 is 1.15 bits per heavy atom. The summed E-state index contributed by atoms with van der Waals surface area (Å²) in [5.41, 5.74) is -0.0110. The van der Waals surface area contributed by atoms with Crippen LogP contribution in [0.5, 0.6) is 6.01 Å². The Balaban J connectivity index is 1.32. The van der Waals surface area contributed by atoms with Crippen LogP contribution in [0.1, 0.15) is 64.7 Å². The van der Waals surface area contributed by atoms with Crippen molar-refractivity contribution in [3.8, 4) is 6.01 Å². The van der Waals surface area contributed by atoms with Gasteiger partial charge in [-0.2, -0.15) is 9.97 Å². The second-order valence-electron chi connectivity index (χ2n) is 10.4. The average molecular weight is 476 g/mol. The second kappa shape index (κ2) is 7.89. The fourth-order valence-electron chi connectivity index (χ4n) is 6.47. The van der Waals surface area contributed by atoms with Gasteiger partial charge in [0.05, 0.1) is 28.7 Å². The number of fused-ring (bicyclic) bond motifs is 5.